The summed E-state index contributed by atoms with van der Waals surface area (Å²) in [6.07, 6.45) is 5.68. The van der Waals surface area contributed by atoms with E-state index < -0.39 is 8.38 Å². The van der Waals surface area contributed by atoms with Crippen molar-refractivity contribution in [3.05, 3.63) is 30.6 Å². The Bertz CT molecular complexity index is 642. The number of aromatic nitrogens is 4. The number of piperazine rings is 1. The highest BCUT2D eigenvalue weighted by molar-refractivity contribution is 7.45. The normalized spacial score (nSPS) is 16.3. The molecule has 0 spiro atoms. The zero-order chi connectivity index (χ0) is 16.2. The lowest BCUT2D eigenvalue weighted by Gasteiger charge is -2.35. The van der Waals surface area contributed by atoms with E-state index in [-0.39, 0.29) is 0 Å². The molecule has 1 aliphatic heterocycles. The number of imidazole rings is 1. The Morgan fingerprint density at radius 2 is 1.83 bits per heavy atom. The van der Waals surface area contributed by atoms with E-state index >= 15 is 0 Å². The summed E-state index contributed by atoms with van der Waals surface area (Å²) in [5.41, 5.74) is 0. The molecule has 1 saturated heterocycles. The fourth-order valence-electron chi connectivity index (χ4n) is 2.69. The van der Waals surface area contributed by atoms with Gasteiger partial charge in [0.1, 0.15) is 23.8 Å². The van der Waals surface area contributed by atoms with Crippen molar-refractivity contribution in [1.29, 1.82) is 0 Å². The van der Waals surface area contributed by atoms with Gasteiger partial charge in [-0.25, -0.2) is 15.0 Å². The maximum atomic E-state index is 9.02. The van der Waals surface area contributed by atoms with E-state index in [1.54, 1.807) is 12.5 Å². The van der Waals surface area contributed by atoms with Crippen LogP contribution in [-0.2, 0) is 0 Å². The largest absolute Gasteiger partial charge is 0.354 e. The van der Waals surface area contributed by atoms with Crippen LogP contribution in [0.2, 0.25) is 0 Å². The predicted octanol–water partition coefficient (Wildman–Crippen LogP) is 0.389. The van der Waals surface area contributed by atoms with Crippen LogP contribution in [0, 0.1) is 6.92 Å². The maximum absolute atomic E-state index is 9.02. The standard InChI is InChI=1S/C14H21N6O2P/c1-12-15-2-3-20(12)14-10-13(16-11-17-14)19-6-4-18(5-7-19)8-9-23(21)22/h2-3,10-11,21-22H,4-9H2,1H3. The number of anilines is 1. The van der Waals surface area contributed by atoms with Gasteiger partial charge in [0, 0.05) is 57.3 Å². The van der Waals surface area contributed by atoms with E-state index in [1.165, 1.54) is 0 Å². The Morgan fingerprint density at radius 1 is 1.09 bits per heavy atom. The molecule has 0 radical (unpaired) electrons. The lowest BCUT2D eigenvalue weighted by atomic mass is 10.3. The molecule has 9 heteroatoms. The van der Waals surface area contributed by atoms with Crippen molar-refractivity contribution in [2.24, 2.45) is 0 Å². The lowest BCUT2D eigenvalue weighted by molar-refractivity contribution is 0.269. The molecule has 1 aliphatic rings. The second-order valence-corrected chi connectivity index (χ2v) is 6.70. The fourth-order valence-corrected chi connectivity index (χ4v) is 3.16. The molecule has 0 aromatic carbocycles. The van der Waals surface area contributed by atoms with Crippen LogP contribution in [0.4, 0.5) is 5.82 Å². The topological polar surface area (TPSA) is 90.5 Å². The Hall–Kier alpha value is -1.60. The van der Waals surface area contributed by atoms with Crippen LogP contribution in [0.5, 0.6) is 0 Å². The van der Waals surface area contributed by atoms with Gasteiger partial charge in [-0.05, 0) is 6.92 Å². The first-order chi connectivity index (χ1) is 11.1. The van der Waals surface area contributed by atoms with Crippen molar-refractivity contribution in [3.8, 4) is 5.82 Å². The summed E-state index contributed by atoms with van der Waals surface area (Å²) >= 11 is 0. The first kappa shape index (κ1) is 16.3. The van der Waals surface area contributed by atoms with Gasteiger partial charge in [0.25, 0.3) is 0 Å². The molecule has 23 heavy (non-hydrogen) atoms. The molecule has 2 aromatic rings. The quantitative estimate of drug-likeness (QED) is 0.763. The number of hydrogen-bond acceptors (Lipinski definition) is 7. The maximum Gasteiger partial charge on any atom is 0.166 e. The molecule has 0 unspecified atom stereocenters. The highest BCUT2D eigenvalue weighted by Gasteiger charge is 2.19. The fraction of sp³-hybridized carbons (Fsp3) is 0.500. The van der Waals surface area contributed by atoms with E-state index in [0.717, 1.165) is 50.2 Å². The van der Waals surface area contributed by atoms with Crippen LogP contribution in [-0.4, -0.2) is 73.1 Å². The van der Waals surface area contributed by atoms with Gasteiger partial charge in [-0.15, -0.1) is 0 Å². The molecule has 2 N–H and O–H groups in total. The molecule has 1 fully saturated rings. The second-order valence-electron chi connectivity index (χ2n) is 5.50. The van der Waals surface area contributed by atoms with Crippen LogP contribution < -0.4 is 4.90 Å². The molecule has 0 saturated carbocycles. The van der Waals surface area contributed by atoms with E-state index in [9.17, 15) is 0 Å². The first-order valence-electron chi connectivity index (χ1n) is 7.58. The molecular formula is C14H21N6O2P. The third kappa shape index (κ3) is 4.03. The Labute approximate surface area is 136 Å². The molecule has 3 heterocycles. The summed E-state index contributed by atoms with van der Waals surface area (Å²) in [4.78, 5) is 35.4. The monoisotopic (exact) mass is 336 g/mol. The predicted molar refractivity (Wildman–Crippen MR) is 88.8 cm³/mol. The third-order valence-electron chi connectivity index (χ3n) is 4.02. The number of rotatable bonds is 5. The number of nitrogens with zero attached hydrogens (tertiary/aromatic N) is 6. The van der Waals surface area contributed by atoms with Crippen molar-refractivity contribution in [3.63, 3.8) is 0 Å². The van der Waals surface area contributed by atoms with Gasteiger partial charge < -0.3 is 14.7 Å². The van der Waals surface area contributed by atoms with Crippen molar-refractivity contribution < 1.29 is 9.79 Å². The molecule has 124 valence electrons. The minimum Gasteiger partial charge on any atom is -0.354 e. The zero-order valence-electron chi connectivity index (χ0n) is 13.1. The van der Waals surface area contributed by atoms with Crippen LogP contribution in [0.3, 0.4) is 0 Å². The highest BCUT2D eigenvalue weighted by atomic mass is 31.2. The molecule has 0 amide bonds. The third-order valence-corrected chi connectivity index (χ3v) is 4.62. The Morgan fingerprint density at radius 3 is 2.48 bits per heavy atom. The van der Waals surface area contributed by atoms with E-state index in [4.69, 9.17) is 9.79 Å². The average Bonchev–Trinajstić information content (AvgIpc) is 2.99. The van der Waals surface area contributed by atoms with Crippen LogP contribution >= 0.6 is 8.38 Å². The average molecular weight is 336 g/mol. The summed E-state index contributed by atoms with van der Waals surface area (Å²) in [5.74, 6) is 2.62. The van der Waals surface area contributed by atoms with Gasteiger partial charge in [0.2, 0.25) is 0 Å². The van der Waals surface area contributed by atoms with Gasteiger partial charge in [0.15, 0.2) is 8.38 Å². The Balaban J connectivity index is 1.64. The first-order valence-corrected chi connectivity index (χ1v) is 9.01. The molecule has 0 bridgehead atoms. The summed E-state index contributed by atoms with van der Waals surface area (Å²) in [7, 11) is -1.79. The van der Waals surface area contributed by atoms with Crippen molar-refractivity contribution in [2.45, 2.75) is 6.92 Å². The summed E-state index contributed by atoms with van der Waals surface area (Å²) in [6.45, 7) is 6.20. The van der Waals surface area contributed by atoms with E-state index in [2.05, 4.69) is 24.8 Å². The SMILES string of the molecule is Cc1nccn1-c1cc(N2CCN(CCP(O)O)CC2)ncn1. The van der Waals surface area contributed by atoms with Gasteiger partial charge in [-0.1, -0.05) is 0 Å². The van der Waals surface area contributed by atoms with Crippen LogP contribution in [0.15, 0.2) is 24.8 Å². The second kappa shape index (κ2) is 7.31. The molecule has 0 aliphatic carbocycles. The van der Waals surface area contributed by atoms with Crippen molar-refractivity contribution in [1.82, 2.24) is 24.4 Å². The van der Waals surface area contributed by atoms with Crippen molar-refractivity contribution >= 4 is 14.2 Å². The van der Waals surface area contributed by atoms with Crippen LogP contribution in [0.25, 0.3) is 5.82 Å². The van der Waals surface area contributed by atoms with Crippen molar-refractivity contribution in [2.75, 3.05) is 43.8 Å². The van der Waals surface area contributed by atoms with Crippen LogP contribution in [0.1, 0.15) is 5.82 Å². The lowest BCUT2D eigenvalue weighted by Crippen LogP contribution is -2.47. The highest BCUT2D eigenvalue weighted by Crippen LogP contribution is 2.22. The van der Waals surface area contributed by atoms with Gasteiger partial charge >= 0.3 is 0 Å². The van der Waals surface area contributed by atoms with Gasteiger partial charge in [-0.2, -0.15) is 0 Å². The molecule has 0 atom stereocenters. The van der Waals surface area contributed by atoms with E-state index in [1.807, 2.05) is 23.8 Å². The summed E-state index contributed by atoms with van der Waals surface area (Å²) in [5, 5.41) is 0. The minimum absolute atomic E-state index is 0.451. The molecule has 3 rings (SSSR count). The van der Waals surface area contributed by atoms with Gasteiger partial charge in [0.05, 0.1) is 0 Å². The summed E-state index contributed by atoms with van der Waals surface area (Å²) in [6, 6.07) is 1.98. The molecular weight excluding hydrogens is 315 g/mol. The zero-order valence-corrected chi connectivity index (χ0v) is 14.0. The number of aryl methyl sites for hydroxylation is 1. The number of hydrogen-bond donors (Lipinski definition) is 2. The summed E-state index contributed by atoms with van der Waals surface area (Å²) < 4.78 is 1.94. The molecule has 8 nitrogen and oxygen atoms in total. The van der Waals surface area contributed by atoms with E-state index in [0.29, 0.717) is 6.16 Å². The van der Waals surface area contributed by atoms with Gasteiger partial charge in [-0.3, -0.25) is 9.47 Å². The smallest absolute Gasteiger partial charge is 0.166 e. The minimum atomic E-state index is -1.79. The molecule has 2 aromatic heterocycles. The Kier molecular flexibility index (Phi) is 5.17.